The summed E-state index contributed by atoms with van der Waals surface area (Å²) in [5.74, 6) is 3.17. The molecule has 34 heavy (non-hydrogen) atoms. The number of rotatable bonds is 6. The molecule has 0 unspecified atom stereocenters. The third kappa shape index (κ3) is 4.94. The standard InChI is InChI=1S/C26H23ClN2O5/c1-31-19-9-15(10-20(13-19)32-2)8-17-12-23(30)22(29-26(17)28)14-18-5-7-24(34-18)16-4-6-25(33-3)21(27)11-16/h4-14,30H,1-3H3,(H2,28,29)/b17-8?,22-14+. The molecule has 174 valence electrons. The highest BCUT2D eigenvalue weighted by molar-refractivity contribution is 6.32. The van der Waals surface area contributed by atoms with Gasteiger partial charge >= 0.3 is 0 Å². The van der Waals surface area contributed by atoms with Crippen molar-refractivity contribution in [1.82, 2.24) is 4.98 Å². The van der Waals surface area contributed by atoms with E-state index >= 15 is 0 Å². The number of ether oxygens (including phenoxy) is 3. The van der Waals surface area contributed by atoms with E-state index in [0.717, 1.165) is 11.1 Å². The zero-order chi connectivity index (χ0) is 24.2. The molecule has 4 rings (SSSR count). The van der Waals surface area contributed by atoms with Crippen LogP contribution >= 0.6 is 11.6 Å². The topological polar surface area (TPSA) is 100.0 Å². The molecule has 0 saturated heterocycles. The fourth-order valence-electron chi connectivity index (χ4n) is 3.40. The number of halogens is 1. The van der Waals surface area contributed by atoms with Gasteiger partial charge in [0.05, 0.1) is 26.4 Å². The maximum Gasteiger partial charge on any atom is 0.142 e. The zero-order valence-corrected chi connectivity index (χ0v) is 19.6. The Kier molecular flexibility index (Phi) is 6.65. The van der Waals surface area contributed by atoms with Gasteiger partial charge in [0, 0.05) is 22.9 Å². The predicted octanol–water partition coefficient (Wildman–Crippen LogP) is 3.97. The van der Waals surface area contributed by atoms with Crippen LogP contribution in [0.2, 0.25) is 5.02 Å². The van der Waals surface area contributed by atoms with E-state index in [2.05, 4.69) is 4.98 Å². The van der Waals surface area contributed by atoms with Crippen LogP contribution in [0.5, 0.6) is 23.0 Å². The van der Waals surface area contributed by atoms with E-state index in [4.69, 9.17) is 36.0 Å². The molecule has 2 heterocycles. The van der Waals surface area contributed by atoms with Crippen molar-refractivity contribution in [2.45, 2.75) is 0 Å². The van der Waals surface area contributed by atoms with Crippen molar-refractivity contribution in [1.29, 1.82) is 0 Å². The number of aromatic hydroxyl groups is 1. The van der Waals surface area contributed by atoms with Gasteiger partial charge in [0.15, 0.2) is 0 Å². The van der Waals surface area contributed by atoms with Gasteiger partial charge in [-0.1, -0.05) is 11.6 Å². The summed E-state index contributed by atoms with van der Waals surface area (Å²) in [5.41, 5.74) is 7.76. The quantitative estimate of drug-likeness (QED) is 0.432. The first-order chi connectivity index (χ1) is 16.4. The lowest BCUT2D eigenvalue weighted by Gasteiger charge is -2.06. The van der Waals surface area contributed by atoms with Crippen LogP contribution in [0.25, 0.3) is 23.5 Å². The second-order valence-electron chi connectivity index (χ2n) is 7.35. The highest BCUT2D eigenvalue weighted by atomic mass is 35.5. The molecule has 2 aromatic carbocycles. The van der Waals surface area contributed by atoms with Crippen molar-refractivity contribution in [3.05, 3.63) is 81.5 Å². The minimum Gasteiger partial charge on any atom is -0.506 e. The van der Waals surface area contributed by atoms with Gasteiger partial charge in [-0.05, 0) is 60.2 Å². The van der Waals surface area contributed by atoms with E-state index in [1.807, 2.05) is 24.3 Å². The first-order valence-electron chi connectivity index (χ1n) is 10.3. The Balaban J connectivity index is 1.69. The molecule has 2 aromatic heterocycles. The van der Waals surface area contributed by atoms with Crippen LogP contribution < -0.4 is 30.5 Å². The van der Waals surface area contributed by atoms with Crippen molar-refractivity contribution >= 4 is 29.6 Å². The third-order valence-electron chi connectivity index (χ3n) is 5.13. The zero-order valence-electron chi connectivity index (χ0n) is 18.8. The number of nitrogen functional groups attached to an aromatic ring is 1. The lowest BCUT2D eigenvalue weighted by atomic mass is 10.1. The van der Waals surface area contributed by atoms with E-state index < -0.39 is 0 Å². The monoisotopic (exact) mass is 478 g/mol. The van der Waals surface area contributed by atoms with Gasteiger partial charge in [-0.25, -0.2) is 4.98 Å². The number of nitrogens with two attached hydrogens (primary N) is 1. The Morgan fingerprint density at radius 2 is 1.65 bits per heavy atom. The SMILES string of the molecule is COc1cc(C=c2cc(O)/c(=C\c3ccc(-c4ccc(OC)c(Cl)c4)o3)nc2N)cc(OC)c1. The molecule has 7 nitrogen and oxygen atoms in total. The Labute approximate surface area is 201 Å². The summed E-state index contributed by atoms with van der Waals surface area (Å²) in [5, 5.41) is 11.9. The minimum atomic E-state index is -0.0410. The van der Waals surface area contributed by atoms with Gasteiger partial charge < -0.3 is 29.5 Å². The number of aromatic nitrogens is 1. The number of hydrogen-bond acceptors (Lipinski definition) is 7. The highest BCUT2D eigenvalue weighted by Gasteiger charge is 2.08. The van der Waals surface area contributed by atoms with Crippen molar-refractivity contribution in [2.24, 2.45) is 0 Å². The largest absolute Gasteiger partial charge is 0.506 e. The molecular formula is C26H23ClN2O5. The predicted molar refractivity (Wildman–Crippen MR) is 132 cm³/mol. The summed E-state index contributed by atoms with van der Waals surface area (Å²) in [6, 6.07) is 15.9. The van der Waals surface area contributed by atoms with Crippen molar-refractivity contribution in [2.75, 3.05) is 27.1 Å². The maximum atomic E-state index is 10.6. The molecule has 8 heteroatoms. The van der Waals surface area contributed by atoms with Crippen LogP contribution in [0.15, 0.2) is 59.0 Å². The number of pyridine rings is 1. The van der Waals surface area contributed by atoms with Crippen molar-refractivity contribution < 1.29 is 23.7 Å². The van der Waals surface area contributed by atoms with Crippen molar-refractivity contribution in [3.8, 4) is 34.3 Å². The van der Waals surface area contributed by atoms with Crippen LogP contribution in [-0.4, -0.2) is 31.4 Å². The van der Waals surface area contributed by atoms with Gasteiger partial charge in [0.2, 0.25) is 0 Å². The normalized spacial score (nSPS) is 12.1. The molecule has 0 bridgehead atoms. The Morgan fingerprint density at radius 1 is 0.912 bits per heavy atom. The number of furan rings is 1. The molecule has 0 amide bonds. The van der Waals surface area contributed by atoms with E-state index in [1.165, 1.54) is 0 Å². The molecule has 0 spiro atoms. The van der Waals surface area contributed by atoms with Gasteiger partial charge in [0.25, 0.3) is 0 Å². The van der Waals surface area contributed by atoms with E-state index in [0.29, 0.717) is 39.0 Å². The summed E-state index contributed by atoms with van der Waals surface area (Å²) in [6.07, 6.45) is 3.40. The average molecular weight is 479 g/mol. The molecule has 0 atom stereocenters. The highest BCUT2D eigenvalue weighted by Crippen LogP contribution is 2.31. The number of nitrogens with zero attached hydrogens (tertiary/aromatic N) is 1. The minimum absolute atomic E-state index is 0.0410. The van der Waals surface area contributed by atoms with Crippen LogP contribution in [0.4, 0.5) is 5.82 Å². The summed E-state index contributed by atoms with van der Waals surface area (Å²) < 4.78 is 21.7. The smallest absolute Gasteiger partial charge is 0.142 e. The summed E-state index contributed by atoms with van der Waals surface area (Å²) >= 11 is 6.21. The molecule has 3 N–H and O–H groups in total. The Bertz CT molecular complexity index is 1440. The van der Waals surface area contributed by atoms with Gasteiger partial charge in [-0.15, -0.1) is 0 Å². The lowest BCUT2D eigenvalue weighted by Crippen LogP contribution is -2.19. The second kappa shape index (κ2) is 9.80. The summed E-state index contributed by atoms with van der Waals surface area (Å²) in [4.78, 5) is 4.35. The number of anilines is 1. The Morgan fingerprint density at radius 3 is 2.29 bits per heavy atom. The number of benzene rings is 2. The number of hydrogen-bond donors (Lipinski definition) is 2. The fraction of sp³-hybridized carbons (Fsp3) is 0.115. The summed E-state index contributed by atoms with van der Waals surface area (Å²) in [6.45, 7) is 0. The fourth-order valence-corrected chi connectivity index (χ4v) is 3.66. The van der Waals surface area contributed by atoms with E-state index in [-0.39, 0.29) is 16.9 Å². The van der Waals surface area contributed by atoms with E-state index in [9.17, 15) is 5.11 Å². The second-order valence-corrected chi connectivity index (χ2v) is 7.76. The molecule has 0 saturated carbocycles. The van der Waals surface area contributed by atoms with Crippen LogP contribution in [0.1, 0.15) is 11.3 Å². The average Bonchev–Trinajstić information content (AvgIpc) is 3.30. The number of methoxy groups -OCH3 is 3. The first kappa shape index (κ1) is 23.1. The van der Waals surface area contributed by atoms with Gasteiger partial charge in [0.1, 0.15) is 45.7 Å². The van der Waals surface area contributed by atoms with Crippen molar-refractivity contribution in [3.63, 3.8) is 0 Å². The van der Waals surface area contributed by atoms with Gasteiger partial charge in [-0.2, -0.15) is 0 Å². The molecular weight excluding hydrogens is 456 g/mol. The van der Waals surface area contributed by atoms with Crippen LogP contribution in [0, 0.1) is 0 Å². The Hall–Kier alpha value is -4.10. The molecule has 0 aliphatic carbocycles. The summed E-state index contributed by atoms with van der Waals surface area (Å²) in [7, 11) is 4.71. The molecule has 0 fully saturated rings. The molecule has 0 aliphatic heterocycles. The van der Waals surface area contributed by atoms with Crippen LogP contribution in [0.3, 0.4) is 0 Å². The van der Waals surface area contributed by atoms with Crippen LogP contribution in [-0.2, 0) is 0 Å². The first-order valence-corrected chi connectivity index (χ1v) is 10.6. The lowest BCUT2D eigenvalue weighted by molar-refractivity contribution is 0.394. The molecule has 4 aromatic rings. The maximum absolute atomic E-state index is 10.6. The van der Waals surface area contributed by atoms with E-state index in [1.54, 1.807) is 63.8 Å². The third-order valence-corrected chi connectivity index (χ3v) is 5.42. The van der Waals surface area contributed by atoms with Gasteiger partial charge in [-0.3, -0.25) is 0 Å². The molecule has 0 radical (unpaired) electrons. The molecule has 0 aliphatic rings.